The van der Waals surface area contributed by atoms with Gasteiger partial charge in [0.25, 0.3) is 0 Å². The topological polar surface area (TPSA) is 49.5 Å². The molecule has 0 fully saturated rings. The number of rotatable bonds is 6. The smallest absolute Gasteiger partial charge is 0.0915 e. The minimum atomic E-state index is -0.549. The summed E-state index contributed by atoms with van der Waals surface area (Å²) in [5, 5.41) is 9.82. The van der Waals surface area contributed by atoms with E-state index in [-0.39, 0.29) is 6.54 Å². The molecule has 0 bridgehead atoms. The van der Waals surface area contributed by atoms with Crippen molar-refractivity contribution in [2.45, 2.75) is 26.5 Å². The Morgan fingerprint density at radius 1 is 1.25 bits per heavy atom. The zero-order valence-electron chi connectivity index (χ0n) is 10.2. The molecule has 1 rings (SSSR count). The van der Waals surface area contributed by atoms with Crippen molar-refractivity contribution in [1.82, 2.24) is 4.90 Å². The fourth-order valence-corrected chi connectivity index (χ4v) is 1.82. The molecule has 3 nitrogen and oxygen atoms in total. The molecule has 0 heterocycles. The van der Waals surface area contributed by atoms with Crippen molar-refractivity contribution in [3.05, 3.63) is 35.4 Å². The number of hydrogen-bond donors (Lipinski definition) is 2. The van der Waals surface area contributed by atoms with Gasteiger partial charge in [0.15, 0.2) is 0 Å². The van der Waals surface area contributed by atoms with Crippen molar-refractivity contribution in [2.24, 2.45) is 5.73 Å². The predicted molar refractivity (Wildman–Crippen MR) is 67.1 cm³/mol. The van der Waals surface area contributed by atoms with E-state index in [1.165, 1.54) is 5.56 Å². The molecule has 0 amide bonds. The second-order valence-electron chi connectivity index (χ2n) is 3.91. The molecule has 0 saturated carbocycles. The number of nitrogens with two attached hydrogens (primary N) is 1. The third-order valence-corrected chi connectivity index (χ3v) is 2.93. The second-order valence-corrected chi connectivity index (χ2v) is 3.91. The SMILES string of the molecule is CCN(CC)Cc1ccccc1C(O)CN. The highest BCUT2D eigenvalue weighted by Gasteiger charge is 2.11. The number of aliphatic hydroxyl groups excluding tert-OH is 1. The maximum atomic E-state index is 9.82. The summed E-state index contributed by atoms with van der Waals surface area (Å²) in [6, 6.07) is 7.97. The van der Waals surface area contributed by atoms with Gasteiger partial charge in [-0.05, 0) is 24.2 Å². The van der Waals surface area contributed by atoms with Gasteiger partial charge in [0, 0.05) is 13.1 Å². The van der Waals surface area contributed by atoms with Gasteiger partial charge < -0.3 is 10.8 Å². The van der Waals surface area contributed by atoms with Crippen molar-refractivity contribution in [3.8, 4) is 0 Å². The molecule has 0 radical (unpaired) electrons. The molecule has 0 aliphatic heterocycles. The lowest BCUT2D eigenvalue weighted by atomic mass is 10.0. The summed E-state index contributed by atoms with van der Waals surface area (Å²) in [6.45, 7) is 7.47. The van der Waals surface area contributed by atoms with Crippen LogP contribution in [0.25, 0.3) is 0 Å². The fourth-order valence-electron chi connectivity index (χ4n) is 1.82. The average molecular weight is 222 g/mol. The van der Waals surface area contributed by atoms with Crippen molar-refractivity contribution < 1.29 is 5.11 Å². The van der Waals surface area contributed by atoms with E-state index in [4.69, 9.17) is 5.73 Å². The highest BCUT2D eigenvalue weighted by Crippen LogP contribution is 2.18. The molecule has 3 N–H and O–H groups in total. The molecule has 90 valence electrons. The summed E-state index contributed by atoms with van der Waals surface area (Å²) in [7, 11) is 0. The van der Waals surface area contributed by atoms with Crippen LogP contribution in [0.1, 0.15) is 31.1 Å². The van der Waals surface area contributed by atoms with Crippen LogP contribution >= 0.6 is 0 Å². The van der Waals surface area contributed by atoms with E-state index in [2.05, 4.69) is 24.8 Å². The summed E-state index contributed by atoms with van der Waals surface area (Å²) < 4.78 is 0. The van der Waals surface area contributed by atoms with Crippen molar-refractivity contribution >= 4 is 0 Å². The third-order valence-electron chi connectivity index (χ3n) is 2.93. The van der Waals surface area contributed by atoms with Crippen LogP contribution in [0.15, 0.2) is 24.3 Å². The molecule has 0 aromatic heterocycles. The van der Waals surface area contributed by atoms with E-state index < -0.39 is 6.10 Å². The van der Waals surface area contributed by atoms with Gasteiger partial charge in [-0.1, -0.05) is 38.1 Å². The fraction of sp³-hybridized carbons (Fsp3) is 0.538. The normalized spacial score (nSPS) is 13.1. The van der Waals surface area contributed by atoms with E-state index in [1.54, 1.807) is 0 Å². The van der Waals surface area contributed by atoms with Crippen LogP contribution in [0.5, 0.6) is 0 Å². The first-order valence-corrected chi connectivity index (χ1v) is 5.91. The van der Waals surface area contributed by atoms with Gasteiger partial charge in [-0.2, -0.15) is 0 Å². The first-order chi connectivity index (χ1) is 7.72. The van der Waals surface area contributed by atoms with Gasteiger partial charge in [0.2, 0.25) is 0 Å². The molecule has 1 aromatic carbocycles. The Labute approximate surface area is 97.9 Å². The van der Waals surface area contributed by atoms with Crippen LogP contribution < -0.4 is 5.73 Å². The molecule has 1 atom stereocenters. The van der Waals surface area contributed by atoms with Crippen LogP contribution in [0.3, 0.4) is 0 Å². The lowest BCUT2D eigenvalue weighted by molar-refractivity contribution is 0.183. The zero-order chi connectivity index (χ0) is 12.0. The number of aliphatic hydroxyl groups is 1. The van der Waals surface area contributed by atoms with Crippen molar-refractivity contribution in [1.29, 1.82) is 0 Å². The molecule has 1 aromatic rings. The molecular formula is C13H22N2O. The first-order valence-electron chi connectivity index (χ1n) is 5.91. The molecule has 0 aliphatic carbocycles. The maximum Gasteiger partial charge on any atom is 0.0915 e. The summed E-state index contributed by atoms with van der Waals surface area (Å²) in [6.07, 6.45) is -0.549. The molecule has 0 aliphatic rings. The highest BCUT2D eigenvalue weighted by atomic mass is 16.3. The van der Waals surface area contributed by atoms with E-state index in [9.17, 15) is 5.11 Å². The Kier molecular flexibility index (Phi) is 5.46. The van der Waals surface area contributed by atoms with Crippen LogP contribution in [0.2, 0.25) is 0 Å². The Hall–Kier alpha value is -0.900. The second kappa shape index (κ2) is 6.63. The molecular weight excluding hydrogens is 200 g/mol. The Morgan fingerprint density at radius 2 is 1.88 bits per heavy atom. The van der Waals surface area contributed by atoms with E-state index in [1.807, 2.05) is 18.2 Å². The summed E-state index contributed by atoms with van der Waals surface area (Å²) in [5.41, 5.74) is 7.63. The van der Waals surface area contributed by atoms with Crippen molar-refractivity contribution in [2.75, 3.05) is 19.6 Å². The van der Waals surface area contributed by atoms with Gasteiger partial charge in [-0.15, -0.1) is 0 Å². The minimum absolute atomic E-state index is 0.273. The van der Waals surface area contributed by atoms with Gasteiger partial charge in [0.1, 0.15) is 0 Å². The monoisotopic (exact) mass is 222 g/mol. The molecule has 1 unspecified atom stereocenters. The molecule has 3 heteroatoms. The van der Waals surface area contributed by atoms with E-state index >= 15 is 0 Å². The van der Waals surface area contributed by atoms with E-state index in [0.29, 0.717) is 0 Å². The van der Waals surface area contributed by atoms with Crippen molar-refractivity contribution in [3.63, 3.8) is 0 Å². The van der Waals surface area contributed by atoms with Crippen LogP contribution in [0, 0.1) is 0 Å². The number of benzene rings is 1. The summed E-state index contributed by atoms with van der Waals surface area (Å²) in [4.78, 5) is 2.32. The van der Waals surface area contributed by atoms with E-state index in [0.717, 1.165) is 25.2 Å². The zero-order valence-corrected chi connectivity index (χ0v) is 10.2. The van der Waals surface area contributed by atoms with Gasteiger partial charge in [-0.25, -0.2) is 0 Å². The maximum absolute atomic E-state index is 9.82. The van der Waals surface area contributed by atoms with Crippen LogP contribution in [0.4, 0.5) is 0 Å². The summed E-state index contributed by atoms with van der Waals surface area (Å²) >= 11 is 0. The Bertz CT molecular complexity index is 311. The van der Waals surface area contributed by atoms with Gasteiger partial charge >= 0.3 is 0 Å². The summed E-state index contributed by atoms with van der Waals surface area (Å²) in [5.74, 6) is 0. The Balaban J connectivity index is 2.86. The average Bonchev–Trinajstić information content (AvgIpc) is 2.35. The van der Waals surface area contributed by atoms with Gasteiger partial charge in [-0.3, -0.25) is 4.90 Å². The standard InChI is InChI=1S/C13H22N2O/c1-3-15(4-2)10-11-7-5-6-8-12(11)13(16)9-14/h5-8,13,16H,3-4,9-10,14H2,1-2H3. The highest BCUT2D eigenvalue weighted by molar-refractivity contribution is 5.29. The largest absolute Gasteiger partial charge is 0.387 e. The van der Waals surface area contributed by atoms with Crippen LogP contribution in [-0.2, 0) is 6.54 Å². The van der Waals surface area contributed by atoms with Crippen LogP contribution in [-0.4, -0.2) is 29.6 Å². The lowest BCUT2D eigenvalue weighted by Gasteiger charge is -2.21. The quantitative estimate of drug-likeness (QED) is 0.767. The molecule has 0 saturated heterocycles. The molecule has 16 heavy (non-hydrogen) atoms. The third kappa shape index (κ3) is 3.30. The lowest BCUT2D eigenvalue weighted by Crippen LogP contribution is -2.24. The first kappa shape index (κ1) is 13.2. The number of hydrogen-bond acceptors (Lipinski definition) is 3. The molecule has 0 spiro atoms. The number of nitrogens with zero attached hydrogens (tertiary/aromatic N) is 1. The minimum Gasteiger partial charge on any atom is -0.387 e. The predicted octanol–water partition coefficient (Wildman–Crippen LogP) is 1.52. The van der Waals surface area contributed by atoms with Gasteiger partial charge in [0.05, 0.1) is 6.10 Å². The Morgan fingerprint density at radius 3 is 2.44 bits per heavy atom.